The maximum absolute atomic E-state index is 10.9. The van der Waals surface area contributed by atoms with Crippen molar-refractivity contribution in [1.29, 1.82) is 0 Å². The molecule has 2 heterocycles. The van der Waals surface area contributed by atoms with Gasteiger partial charge in [-0.05, 0) is 37.4 Å². The molecule has 0 aliphatic carbocycles. The number of piperidine rings is 1. The largest absolute Gasteiger partial charge is 0.481 e. The van der Waals surface area contributed by atoms with E-state index in [4.69, 9.17) is 9.52 Å². The standard InChI is InChI=1S/C13H19N3O3/c17-13(18)11-6-10(7-14-8-11)3-4-15-16-9-12-2-1-5-19-12/h1-2,5,9-11,14-15H,3-4,6-8H2,(H,17,18)/b16-9+/t10-,11+/m0/s1. The van der Waals surface area contributed by atoms with Crippen LogP contribution in [0.25, 0.3) is 0 Å². The zero-order valence-corrected chi connectivity index (χ0v) is 10.7. The van der Waals surface area contributed by atoms with Gasteiger partial charge in [0.1, 0.15) is 5.76 Å². The fourth-order valence-corrected chi connectivity index (χ4v) is 2.25. The van der Waals surface area contributed by atoms with Crippen molar-refractivity contribution in [3.63, 3.8) is 0 Å². The maximum atomic E-state index is 10.9. The first-order chi connectivity index (χ1) is 9.25. The van der Waals surface area contributed by atoms with Gasteiger partial charge in [0.25, 0.3) is 0 Å². The fraction of sp³-hybridized carbons (Fsp3) is 0.538. The minimum Gasteiger partial charge on any atom is -0.481 e. The molecule has 1 aliphatic rings. The van der Waals surface area contributed by atoms with Gasteiger partial charge < -0.3 is 20.3 Å². The normalized spacial score (nSPS) is 23.6. The van der Waals surface area contributed by atoms with Crippen molar-refractivity contribution >= 4 is 12.2 Å². The Morgan fingerprint density at radius 3 is 3.26 bits per heavy atom. The third-order valence-corrected chi connectivity index (χ3v) is 3.28. The Morgan fingerprint density at radius 2 is 2.53 bits per heavy atom. The highest BCUT2D eigenvalue weighted by Crippen LogP contribution is 2.19. The minimum absolute atomic E-state index is 0.259. The lowest BCUT2D eigenvalue weighted by Gasteiger charge is -2.27. The first kappa shape index (κ1) is 13.6. The van der Waals surface area contributed by atoms with Crippen molar-refractivity contribution in [2.24, 2.45) is 16.9 Å². The third-order valence-electron chi connectivity index (χ3n) is 3.28. The second kappa shape index (κ2) is 6.94. The monoisotopic (exact) mass is 265 g/mol. The van der Waals surface area contributed by atoms with Gasteiger partial charge in [-0.1, -0.05) is 0 Å². The number of furan rings is 1. The zero-order valence-electron chi connectivity index (χ0n) is 10.7. The first-order valence-corrected chi connectivity index (χ1v) is 6.48. The van der Waals surface area contributed by atoms with Gasteiger partial charge in [0.2, 0.25) is 0 Å². The van der Waals surface area contributed by atoms with Crippen molar-refractivity contribution in [3.05, 3.63) is 24.2 Å². The van der Waals surface area contributed by atoms with E-state index in [1.54, 1.807) is 18.5 Å². The lowest BCUT2D eigenvalue weighted by molar-refractivity contribution is -0.142. The molecule has 104 valence electrons. The molecular formula is C13H19N3O3. The number of hydrazone groups is 1. The molecule has 1 aromatic rings. The summed E-state index contributed by atoms with van der Waals surface area (Å²) in [5.41, 5.74) is 2.95. The molecule has 1 saturated heterocycles. The number of rotatable bonds is 6. The maximum Gasteiger partial charge on any atom is 0.307 e. The summed E-state index contributed by atoms with van der Waals surface area (Å²) in [5, 5.41) is 16.2. The van der Waals surface area contributed by atoms with Gasteiger partial charge in [-0.2, -0.15) is 5.10 Å². The molecule has 1 fully saturated rings. The van der Waals surface area contributed by atoms with Crippen LogP contribution in [0.4, 0.5) is 0 Å². The van der Waals surface area contributed by atoms with Crippen LogP contribution in [-0.2, 0) is 4.79 Å². The lowest BCUT2D eigenvalue weighted by atomic mass is 9.88. The molecule has 0 aromatic carbocycles. The summed E-state index contributed by atoms with van der Waals surface area (Å²) in [5.74, 6) is 0.130. The summed E-state index contributed by atoms with van der Waals surface area (Å²) < 4.78 is 5.11. The number of hydrogen-bond acceptors (Lipinski definition) is 5. The predicted molar refractivity (Wildman–Crippen MR) is 71.0 cm³/mol. The van der Waals surface area contributed by atoms with Crippen molar-refractivity contribution < 1.29 is 14.3 Å². The molecule has 0 spiro atoms. The number of carbonyl (C=O) groups is 1. The van der Waals surface area contributed by atoms with Crippen LogP contribution in [0.5, 0.6) is 0 Å². The Hall–Kier alpha value is -1.82. The Bertz CT molecular complexity index is 417. The van der Waals surface area contributed by atoms with Gasteiger partial charge in [-0.25, -0.2) is 0 Å². The molecule has 0 unspecified atom stereocenters. The second-order valence-corrected chi connectivity index (χ2v) is 4.77. The Labute approximate surface area is 111 Å². The Kier molecular flexibility index (Phi) is 4.97. The van der Waals surface area contributed by atoms with Crippen molar-refractivity contribution in [1.82, 2.24) is 10.7 Å². The van der Waals surface area contributed by atoms with E-state index in [-0.39, 0.29) is 5.92 Å². The van der Waals surface area contributed by atoms with Crippen LogP contribution in [-0.4, -0.2) is 36.9 Å². The van der Waals surface area contributed by atoms with Crippen molar-refractivity contribution in [2.75, 3.05) is 19.6 Å². The summed E-state index contributed by atoms with van der Waals surface area (Å²) in [7, 11) is 0. The van der Waals surface area contributed by atoms with E-state index >= 15 is 0 Å². The molecule has 2 atom stereocenters. The summed E-state index contributed by atoms with van der Waals surface area (Å²) in [4.78, 5) is 10.9. The van der Waals surface area contributed by atoms with Crippen LogP contribution in [0.15, 0.2) is 27.9 Å². The van der Waals surface area contributed by atoms with E-state index in [0.717, 1.165) is 25.9 Å². The summed E-state index contributed by atoms with van der Waals surface area (Å²) in [6.07, 6.45) is 4.87. The molecule has 1 aromatic heterocycles. The summed E-state index contributed by atoms with van der Waals surface area (Å²) in [6, 6.07) is 3.63. The van der Waals surface area contributed by atoms with Crippen LogP contribution in [0, 0.1) is 11.8 Å². The second-order valence-electron chi connectivity index (χ2n) is 4.77. The smallest absolute Gasteiger partial charge is 0.307 e. The number of aliphatic carboxylic acids is 1. The average molecular weight is 265 g/mol. The van der Waals surface area contributed by atoms with Gasteiger partial charge in [-0.15, -0.1) is 0 Å². The highest BCUT2D eigenvalue weighted by molar-refractivity contribution is 5.75. The molecule has 0 radical (unpaired) electrons. The Morgan fingerprint density at radius 1 is 1.63 bits per heavy atom. The van der Waals surface area contributed by atoms with Crippen molar-refractivity contribution in [2.45, 2.75) is 12.8 Å². The van der Waals surface area contributed by atoms with E-state index in [0.29, 0.717) is 18.2 Å². The number of nitrogens with one attached hydrogen (secondary N) is 2. The van der Waals surface area contributed by atoms with E-state index in [2.05, 4.69) is 15.8 Å². The molecule has 3 N–H and O–H groups in total. The third kappa shape index (κ3) is 4.40. The molecule has 0 bridgehead atoms. The fourth-order valence-electron chi connectivity index (χ4n) is 2.25. The topological polar surface area (TPSA) is 86.9 Å². The molecular weight excluding hydrogens is 246 g/mol. The van der Waals surface area contributed by atoms with Crippen LogP contribution < -0.4 is 10.7 Å². The summed E-state index contributed by atoms with van der Waals surface area (Å²) in [6.45, 7) is 2.19. The highest BCUT2D eigenvalue weighted by atomic mass is 16.4. The van der Waals surface area contributed by atoms with Gasteiger partial charge in [0, 0.05) is 13.1 Å². The molecule has 1 aliphatic heterocycles. The minimum atomic E-state index is -0.707. The van der Waals surface area contributed by atoms with Gasteiger partial charge in [0.15, 0.2) is 0 Å². The molecule has 6 nitrogen and oxygen atoms in total. The zero-order chi connectivity index (χ0) is 13.5. The highest BCUT2D eigenvalue weighted by Gasteiger charge is 2.26. The van der Waals surface area contributed by atoms with Gasteiger partial charge in [0.05, 0.1) is 18.4 Å². The van der Waals surface area contributed by atoms with Gasteiger partial charge in [-0.3, -0.25) is 4.79 Å². The number of carboxylic acids is 1. The van der Waals surface area contributed by atoms with E-state index in [9.17, 15) is 4.79 Å². The molecule has 6 heteroatoms. The first-order valence-electron chi connectivity index (χ1n) is 6.48. The van der Waals surface area contributed by atoms with E-state index in [1.165, 1.54) is 0 Å². The van der Waals surface area contributed by atoms with Crippen molar-refractivity contribution in [3.8, 4) is 0 Å². The molecule has 0 amide bonds. The van der Waals surface area contributed by atoms with Crippen LogP contribution >= 0.6 is 0 Å². The predicted octanol–water partition coefficient (Wildman–Crippen LogP) is 0.904. The Balaban J connectivity index is 1.64. The summed E-state index contributed by atoms with van der Waals surface area (Å²) >= 11 is 0. The average Bonchev–Trinajstić information content (AvgIpc) is 2.92. The van der Waals surface area contributed by atoms with Gasteiger partial charge >= 0.3 is 5.97 Å². The quantitative estimate of drug-likeness (QED) is 0.404. The van der Waals surface area contributed by atoms with E-state index in [1.807, 2.05) is 6.07 Å². The molecule has 19 heavy (non-hydrogen) atoms. The van der Waals surface area contributed by atoms with Crippen LogP contribution in [0.3, 0.4) is 0 Å². The number of hydrogen-bond donors (Lipinski definition) is 3. The lowest BCUT2D eigenvalue weighted by Crippen LogP contribution is -2.40. The van der Waals surface area contributed by atoms with E-state index < -0.39 is 5.97 Å². The molecule has 0 saturated carbocycles. The SMILES string of the molecule is O=C(O)[C@H]1CNC[C@@H](CCN/N=C/c2ccco2)C1. The molecule has 2 rings (SSSR count). The van der Waals surface area contributed by atoms with Crippen LogP contribution in [0.1, 0.15) is 18.6 Å². The number of carboxylic acid groups (broad SMARTS) is 1. The number of nitrogens with zero attached hydrogens (tertiary/aromatic N) is 1. The van der Waals surface area contributed by atoms with Crippen LogP contribution in [0.2, 0.25) is 0 Å².